The van der Waals surface area contributed by atoms with Gasteiger partial charge in [-0.1, -0.05) is 18.2 Å². The Bertz CT molecular complexity index is 460. The van der Waals surface area contributed by atoms with E-state index >= 15 is 0 Å². The Morgan fingerprint density at radius 1 is 1.25 bits per heavy atom. The van der Waals surface area contributed by atoms with Crippen molar-refractivity contribution in [1.82, 2.24) is 4.90 Å². The molecule has 1 aromatic carbocycles. The van der Waals surface area contributed by atoms with Crippen LogP contribution < -0.4 is 5.73 Å². The summed E-state index contributed by atoms with van der Waals surface area (Å²) in [5.41, 5.74) is 7.54. The van der Waals surface area contributed by atoms with Crippen LogP contribution in [0, 0.1) is 0 Å². The summed E-state index contributed by atoms with van der Waals surface area (Å²) in [6.07, 6.45) is 2.00. The molecule has 0 saturated carbocycles. The molecule has 1 aromatic rings. The van der Waals surface area contributed by atoms with Crippen molar-refractivity contribution >= 4 is 17.6 Å². The van der Waals surface area contributed by atoms with Crippen LogP contribution in [-0.2, 0) is 20.7 Å². The van der Waals surface area contributed by atoms with Crippen LogP contribution in [0.3, 0.4) is 0 Å². The fraction of sp³-hybridized carbons (Fsp3) is 0.467. The van der Waals surface area contributed by atoms with Crippen LogP contribution >= 0.6 is 0 Å². The molecule has 0 heterocycles. The summed E-state index contributed by atoms with van der Waals surface area (Å²) >= 11 is 0. The second-order valence-electron chi connectivity index (χ2n) is 4.69. The lowest BCUT2D eigenvalue weighted by atomic mass is 10.1. The number of ether oxygens (including phenoxy) is 1. The van der Waals surface area contributed by atoms with Crippen LogP contribution in [0.1, 0.15) is 24.8 Å². The van der Waals surface area contributed by atoms with Crippen LogP contribution in [-0.4, -0.2) is 37.5 Å². The van der Waals surface area contributed by atoms with Crippen molar-refractivity contribution in [3.8, 4) is 0 Å². The number of carbonyl (C=O) groups is 2. The van der Waals surface area contributed by atoms with Crippen LogP contribution in [0.5, 0.6) is 0 Å². The maximum Gasteiger partial charge on any atom is 0.305 e. The highest BCUT2D eigenvalue weighted by atomic mass is 16.5. The zero-order chi connectivity index (χ0) is 15.0. The zero-order valence-electron chi connectivity index (χ0n) is 12.1. The van der Waals surface area contributed by atoms with Crippen LogP contribution in [0.15, 0.2) is 24.3 Å². The smallest absolute Gasteiger partial charge is 0.305 e. The van der Waals surface area contributed by atoms with E-state index in [1.807, 2.05) is 24.3 Å². The molecule has 0 radical (unpaired) electrons. The molecule has 0 bridgehead atoms. The minimum atomic E-state index is -0.247. The van der Waals surface area contributed by atoms with Crippen molar-refractivity contribution in [3.63, 3.8) is 0 Å². The summed E-state index contributed by atoms with van der Waals surface area (Å²) < 4.78 is 4.55. The second-order valence-corrected chi connectivity index (χ2v) is 4.69. The third-order valence-corrected chi connectivity index (χ3v) is 3.19. The van der Waals surface area contributed by atoms with E-state index in [4.69, 9.17) is 5.73 Å². The third-order valence-electron chi connectivity index (χ3n) is 3.19. The fourth-order valence-corrected chi connectivity index (χ4v) is 1.88. The Morgan fingerprint density at radius 3 is 2.60 bits per heavy atom. The number of methoxy groups -OCH3 is 1. The Morgan fingerprint density at radius 2 is 1.95 bits per heavy atom. The van der Waals surface area contributed by atoms with E-state index < -0.39 is 0 Å². The summed E-state index contributed by atoms with van der Waals surface area (Å²) in [6.45, 7) is 0.554. The molecule has 0 atom stereocenters. The number of rotatable bonds is 7. The summed E-state index contributed by atoms with van der Waals surface area (Å²) in [6, 6.07) is 7.55. The number of anilines is 1. The molecule has 0 aliphatic rings. The van der Waals surface area contributed by atoms with Gasteiger partial charge in [0.1, 0.15) is 0 Å². The molecule has 1 rings (SSSR count). The molecule has 110 valence electrons. The van der Waals surface area contributed by atoms with E-state index in [-0.39, 0.29) is 11.9 Å². The highest BCUT2D eigenvalue weighted by Gasteiger charge is 2.10. The minimum absolute atomic E-state index is 0.0538. The Kier molecular flexibility index (Phi) is 6.56. The second kappa shape index (κ2) is 8.19. The van der Waals surface area contributed by atoms with Crippen molar-refractivity contribution < 1.29 is 14.3 Å². The van der Waals surface area contributed by atoms with Crippen LogP contribution in [0.25, 0.3) is 0 Å². The summed E-state index contributed by atoms with van der Waals surface area (Å²) in [5, 5.41) is 0. The number of carbonyl (C=O) groups excluding carboxylic acids is 2. The van der Waals surface area contributed by atoms with Gasteiger partial charge in [-0.3, -0.25) is 9.59 Å². The molecule has 0 aliphatic carbocycles. The third kappa shape index (κ3) is 5.30. The van der Waals surface area contributed by atoms with Gasteiger partial charge in [0, 0.05) is 32.1 Å². The summed E-state index contributed by atoms with van der Waals surface area (Å²) in [5.74, 6) is -0.193. The maximum absolute atomic E-state index is 11.9. The van der Waals surface area contributed by atoms with E-state index in [0.717, 1.165) is 5.56 Å². The average molecular weight is 278 g/mol. The predicted octanol–water partition coefficient (Wildman–Crippen LogP) is 1.61. The van der Waals surface area contributed by atoms with E-state index in [1.165, 1.54) is 7.11 Å². The van der Waals surface area contributed by atoms with Crippen LogP contribution in [0.4, 0.5) is 5.69 Å². The number of nitrogen functional groups attached to an aromatic ring is 1. The van der Waals surface area contributed by atoms with Gasteiger partial charge < -0.3 is 15.4 Å². The molecule has 0 aromatic heterocycles. The largest absolute Gasteiger partial charge is 0.469 e. The van der Waals surface area contributed by atoms with E-state index in [2.05, 4.69) is 4.74 Å². The lowest BCUT2D eigenvalue weighted by Crippen LogP contribution is -2.28. The molecule has 1 amide bonds. The van der Waals surface area contributed by atoms with Crippen molar-refractivity contribution in [2.45, 2.75) is 25.7 Å². The molecule has 0 fully saturated rings. The molecular weight excluding hydrogens is 256 g/mol. The number of amides is 1. The standard InChI is InChI=1S/C15H22N2O3/c1-17(11-5-8-15(19)20-2)14(18)10-9-12-6-3-4-7-13(12)16/h3-4,6-7H,5,8-11,16H2,1-2H3. The number of esters is 1. The first-order valence-corrected chi connectivity index (χ1v) is 6.68. The molecule has 0 spiro atoms. The molecule has 20 heavy (non-hydrogen) atoms. The van der Waals surface area contributed by atoms with Gasteiger partial charge in [0.05, 0.1) is 7.11 Å². The highest BCUT2D eigenvalue weighted by Crippen LogP contribution is 2.13. The van der Waals surface area contributed by atoms with Gasteiger partial charge in [-0.05, 0) is 24.5 Å². The minimum Gasteiger partial charge on any atom is -0.469 e. The molecule has 5 nitrogen and oxygen atoms in total. The van der Waals surface area contributed by atoms with Gasteiger partial charge in [0.25, 0.3) is 0 Å². The summed E-state index contributed by atoms with van der Waals surface area (Å²) in [4.78, 5) is 24.6. The van der Waals surface area contributed by atoms with E-state index in [0.29, 0.717) is 37.9 Å². The predicted molar refractivity (Wildman–Crippen MR) is 78.1 cm³/mol. The molecule has 0 unspecified atom stereocenters. The maximum atomic E-state index is 11.9. The highest BCUT2D eigenvalue weighted by molar-refractivity contribution is 5.76. The Hall–Kier alpha value is -2.04. The average Bonchev–Trinajstić information content (AvgIpc) is 2.45. The lowest BCUT2D eigenvalue weighted by Gasteiger charge is -2.17. The zero-order valence-corrected chi connectivity index (χ0v) is 12.1. The van der Waals surface area contributed by atoms with Gasteiger partial charge >= 0.3 is 5.97 Å². The number of hydrogen-bond donors (Lipinski definition) is 1. The summed E-state index contributed by atoms with van der Waals surface area (Å²) in [7, 11) is 3.11. The number of benzene rings is 1. The Labute approximate surface area is 119 Å². The van der Waals surface area contributed by atoms with Crippen molar-refractivity contribution in [1.29, 1.82) is 0 Å². The van der Waals surface area contributed by atoms with Crippen LogP contribution in [0.2, 0.25) is 0 Å². The van der Waals surface area contributed by atoms with Gasteiger partial charge in [-0.15, -0.1) is 0 Å². The van der Waals surface area contributed by atoms with Crippen molar-refractivity contribution in [2.75, 3.05) is 26.4 Å². The van der Waals surface area contributed by atoms with Gasteiger partial charge in [-0.2, -0.15) is 0 Å². The van der Waals surface area contributed by atoms with E-state index in [1.54, 1.807) is 11.9 Å². The number of nitrogens with two attached hydrogens (primary N) is 1. The molecule has 0 aliphatic heterocycles. The quantitative estimate of drug-likeness (QED) is 0.607. The van der Waals surface area contributed by atoms with Crippen molar-refractivity contribution in [2.24, 2.45) is 0 Å². The molecule has 0 saturated heterocycles. The first kappa shape index (κ1) is 16.0. The molecule has 5 heteroatoms. The fourth-order valence-electron chi connectivity index (χ4n) is 1.88. The number of hydrogen-bond acceptors (Lipinski definition) is 4. The van der Waals surface area contributed by atoms with Gasteiger partial charge in [0.15, 0.2) is 0 Å². The number of para-hydroxylation sites is 1. The number of nitrogens with zero attached hydrogens (tertiary/aromatic N) is 1. The first-order valence-electron chi connectivity index (χ1n) is 6.68. The van der Waals surface area contributed by atoms with Gasteiger partial charge in [-0.25, -0.2) is 0 Å². The first-order chi connectivity index (χ1) is 9.54. The topological polar surface area (TPSA) is 72.6 Å². The molecular formula is C15H22N2O3. The number of aryl methyl sites for hydroxylation is 1. The normalized spacial score (nSPS) is 10.1. The monoisotopic (exact) mass is 278 g/mol. The SMILES string of the molecule is COC(=O)CCCN(C)C(=O)CCc1ccccc1N. The van der Waals surface area contributed by atoms with Gasteiger partial charge in [0.2, 0.25) is 5.91 Å². The lowest BCUT2D eigenvalue weighted by molar-refractivity contribution is -0.141. The van der Waals surface area contributed by atoms with Crippen molar-refractivity contribution in [3.05, 3.63) is 29.8 Å². The Balaban J connectivity index is 2.31. The molecule has 2 N–H and O–H groups in total. The van der Waals surface area contributed by atoms with E-state index in [9.17, 15) is 9.59 Å².